The van der Waals surface area contributed by atoms with Gasteiger partial charge in [-0.3, -0.25) is 14.9 Å². The van der Waals surface area contributed by atoms with Gasteiger partial charge in [-0.1, -0.05) is 0 Å². The standard InChI is InChI=1S/C11H13N3O5/c1-13(9-6-19-5-8(9)11(15)16)10-4-7(14(17)18)2-3-12-10/h2-4,8-9H,5-6H2,1H3,(H,15,16). The Morgan fingerprint density at radius 2 is 2.37 bits per heavy atom. The van der Waals surface area contributed by atoms with Gasteiger partial charge in [0.05, 0.1) is 30.2 Å². The van der Waals surface area contributed by atoms with Gasteiger partial charge >= 0.3 is 5.97 Å². The average Bonchev–Trinajstić information content (AvgIpc) is 2.87. The fourth-order valence-electron chi connectivity index (χ4n) is 2.04. The number of ether oxygens (including phenoxy) is 1. The Kier molecular flexibility index (Phi) is 3.61. The van der Waals surface area contributed by atoms with Crippen molar-refractivity contribution >= 4 is 17.5 Å². The average molecular weight is 267 g/mol. The molecule has 0 spiro atoms. The van der Waals surface area contributed by atoms with Crippen LogP contribution in [0.3, 0.4) is 0 Å². The largest absolute Gasteiger partial charge is 0.481 e. The molecule has 0 radical (unpaired) electrons. The van der Waals surface area contributed by atoms with Crippen molar-refractivity contribution < 1.29 is 19.6 Å². The molecule has 102 valence electrons. The van der Waals surface area contributed by atoms with E-state index in [1.54, 1.807) is 11.9 Å². The number of rotatable bonds is 4. The molecular weight excluding hydrogens is 254 g/mol. The van der Waals surface area contributed by atoms with Gasteiger partial charge in [-0.25, -0.2) is 4.98 Å². The lowest BCUT2D eigenvalue weighted by atomic mass is 10.0. The van der Waals surface area contributed by atoms with Crippen molar-refractivity contribution in [3.8, 4) is 0 Å². The van der Waals surface area contributed by atoms with Gasteiger partial charge < -0.3 is 14.7 Å². The summed E-state index contributed by atoms with van der Waals surface area (Å²) in [5.41, 5.74) is -0.0809. The smallest absolute Gasteiger partial charge is 0.311 e. The van der Waals surface area contributed by atoms with Gasteiger partial charge in [0, 0.05) is 19.3 Å². The first-order valence-electron chi connectivity index (χ1n) is 5.64. The second-order valence-corrected chi connectivity index (χ2v) is 4.29. The molecule has 2 heterocycles. The number of carbonyl (C=O) groups is 1. The quantitative estimate of drug-likeness (QED) is 0.626. The van der Waals surface area contributed by atoms with Crippen molar-refractivity contribution in [3.63, 3.8) is 0 Å². The minimum absolute atomic E-state index is 0.0809. The molecule has 19 heavy (non-hydrogen) atoms. The first kappa shape index (κ1) is 13.2. The summed E-state index contributed by atoms with van der Waals surface area (Å²) in [6.07, 6.45) is 1.33. The lowest BCUT2D eigenvalue weighted by Gasteiger charge is -2.26. The van der Waals surface area contributed by atoms with Crippen LogP contribution < -0.4 is 4.90 Å². The zero-order chi connectivity index (χ0) is 14.0. The normalized spacial score (nSPS) is 22.2. The van der Waals surface area contributed by atoms with Gasteiger partial charge in [0.15, 0.2) is 0 Å². The molecule has 1 fully saturated rings. The molecule has 2 rings (SSSR count). The lowest BCUT2D eigenvalue weighted by Crippen LogP contribution is -2.41. The Morgan fingerprint density at radius 3 is 3.00 bits per heavy atom. The molecule has 1 aliphatic heterocycles. The van der Waals surface area contributed by atoms with Crippen molar-refractivity contribution in [1.29, 1.82) is 0 Å². The van der Waals surface area contributed by atoms with E-state index in [0.717, 1.165) is 0 Å². The topological polar surface area (TPSA) is 106 Å². The van der Waals surface area contributed by atoms with E-state index in [-0.39, 0.29) is 24.9 Å². The number of pyridine rings is 1. The van der Waals surface area contributed by atoms with Crippen molar-refractivity contribution in [2.45, 2.75) is 6.04 Å². The van der Waals surface area contributed by atoms with E-state index in [4.69, 9.17) is 9.84 Å². The van der Waals surface area contributed by atoms with Crippen LogP contribution in [0.5, 0.6) is 0 Å². The molecule has 1 aromatic rings. The first-order valence-corrected chi connectivity index (χ1v) is 5.64. The van der Waals surface area contributed by atoms with E-state index in [9.17, 15) is 14.9 Å². The summed E-state index contributed by atoms with van der Waals surface area (Å²) in [5.74, 6) is -1.25. The van der Waals surface area contributed by atoms with Crippen molar-refractivity contribution in [2.75, 3.05) is 25.2 Å². The van der Waals surface area contributed by atoms with Crippen LogP contribution in [0.1, 0.15) is 0 Å². The lowest BCUT2D eigenvalue weighted by molar-refractivity contribution is -0.384. The fraction of sp³-hybridized carbons (Fsp3) is 0.455. The third-order valence-corrected chi connectivity index (χ3v) is 3.17. The summed E-state index contributed by atoms with van der Waals surface area (Å²) in [5, 5.41) is 19.8. The third kappa shape index (κ3) is 2.63. The molecule has 1 N–H and O–H groups in total. The number of aromatic nitrogens is 1. The van der Waals surface area contributed by atoms with Crippen molar-refractivity contribution in [3.05, 3.63) is 28.4 Å². The number of hydrogen-bond donors (Lipinski definition) is 1. The van der Waals surface area contributed by atoms with E-state index >= 15 is 0 Å². The highest BCUT2D eigenvalue weighted by atomic mass is 16.6. The van der Waals surface area contributed by atoms with E-state index in [2.05, 4.69) is 4.98 Å². The predicted octanol–water partition coefficient (Wildman–Crippen LogP) is 0.526. The van der Waals surface area contributed by atoms with Gasteiger partial charge in [-0.05, 0) is 0 Å². The van der Waals surface area contributed by atoms with Crippen LogP contribution in [0.4, 0.5) is 11.5 Å². The van der Waals surface area contributed by atoms with Crippen LogP contribution in [-0.2, 0) is 9.53 Å². The van der Waals surface area contributed by atoms with Gasteiger partial charge in [0.2, 0.25) is 0 Å². The Labute approximate surface area is 108 Å². The van der Waals surface area contributed by atoms with Crippen LogP contribution in [0.15, 0.2) is 18.3 Å². The summed E-state index contributed by atoms with van der Waals surface area (Å²) in [7, 11) is 1.65. The number of anilines is 1. The second-order valence-electron chi connectivity index (χ2n) is 4.29. The molecular formula is C11H13N3O5. The van der Waals surface area contributed by atoms with Gasteiger partial charge in [0.25, 0.3) is 5.69 Å². The second kappa shape index (κ2) is 5.19. The number of carboxylic acid groups (broad SMARTS) is 1. The Balaban J connectivity index is 2.23. The fourth-order valence-corrected chi connectivity index (χ4v) is 2.04. The molecule has 1 aliphatic rings. The molecule has 0 saturated carbocycles. The number of hydrogen-bond acceptors (Lipinski definition) is 6. The zero-order valence-electron chi connectivity index (χ0n) is 10.2. The number of nitro groups is 1. The summed E-state index contributed by atoms with van der Waals surface area (Å²) in [6.45, 7) is 0.400. The minimum atomic E-state index is -0.945. The Hall–Kier alpha value is -2.22. The minimum Gasteiger partial charge on any atom is -0.481 e. The number of carboxylic acids is 1. The molecule has 2 atom stereocenters. The van der Waals surface area contributed by atoms with Crippen molar-refractivity contribution in [1.82, 2.24) is 4.98 Å². The molecule has 8 heteroatoms. The van der Waals surface area contributed by atoms with Crippen LogP contribution in [-0.4, -0.2) is 47.3 Å². The van der Waals surface area contributed by atoms with Gasteiger partial charge in [-0.15, -0.1) is 0 Å². The van der Waals surface area contributed by atoms with Crippen LogP contribution >= 0.6 is 0 Å². The number of nitrogens with zero attached hydrogens (tertiary/aromatic N) is 3. The molecule has 1 saturated heterocycles. The molecule has 0 aliphatic carbocycles. The number of aliphatic carboxylic acids is 1. The summed E-state index contributed by atoms with van der Waals surface area (Å²) < 4.78 is 5.17. The highest BCUT2D eigenvalue weighted by Crippen LogP contribution is 2.25. The SMILES string of the molecule is CN(c1cc([N+](=O)[O-])ccn1)C1COCC1C(=O)O. The predicted molar refractivity (Wildman–Crippen MR) is 65.0 cm³/mol. The Bertz CT molecular complexity index is 507. The van der Waals surface area contributed by atoms with Crippen LogP contribution in [0, 0.1) is 16.0 Å². The maximum atomic E-state index is 11.1. The maximum Gasteiger partial charge on any atom is 0.311 e. The van der Waals surface area contributed by atoms with E-state index < -0.39 is 16.8 Å². The summed E-state index contributed by atoms with van der Waals surface area (Å²) in [4.78, 5) is 26.9. The van der Waals surface area contributed by atoms with Gasteiger partial charge in [-0.2, -0.15) is 0 Å². The summed E-state index contributed by atoms with van der Waals surface area (Å²) >= 11 is 0. The van der Waals surface area contributed by atoms with Gasteiger partial charge in [0.1, 0.15) is 11.7 Å². The molecule has 0 aromatic carbocycles. The molecule has 1 aromatic heterocycles. The third-order valence-electron chi connectivity index (χ3n) is 3.17. The first-order chi connectivity index (χ1) is 9.00. The number of likely N-dealkylation sites (N-methyl/N-ethyl adjacent to an activating group) is 1. The monoisotopic (exact) mass is 267 g/mol. The van der Waals surface area contributed by atoms with Crippen molar-refractivity contribution in [2.24, 2.45) is 5.92 Å². The molecule has 0 bridgehead atoms. The van der Waals surface area contributed by atoms with Crippen LogP contribution in [0.25, 0.3) is 0 Å². The zero-order valence-corrected chi connectivity index (χ0v) is 10.2. The van der Waals surface area contributed by atoms with Crippen LogP contribution in [0.2, 0.25) is 0 Å². The highest BCUT2D eigenvalue weighted by molar-refractivity contribution is 5.72. The molecule has 8 nitrogen and oxygen atoms in total. The maximum absolute atomic E-state index is 11.1. The van der Waals surface area contributed by atoms with E-state index in [0.29, 0.717) is 5.82 Å². The summed E-state index contributed by atoms with van der Waals surface area (Å²) in [6, 6.07) is 2.22. The molecule has 0 amide bonds. The van der Waals surface area contributed by atoms with E-state index in [1.165, 1.54) is 18.3 Å². The highest BCUT2D eigenvalue weighted by Gasteiger charge is 2.37. The molecule has 2 unspecified atom stereocenters. The van der Waals surface area contributed by atoms with E-state index in [1.807, 2.05) is 0 Å². The Morgan fingerprint density at radius 1 is 1.63 bits per heavy atom.